The first kappa shape index (κ1) is 17.4. The van der Waals surface area contributed by atoms with Crippen LogP contribution in [0.15, 0.2) is 18.2 Å². The average molecular weight is 367 g/mol. The smallest absolute Gasteiger partial charge is 0.392 e. The van der Waals surface area contributed by atoms with Crippen molar-refractivity contribution < 1.29 is 18.3 Å². The number of benzene rings is 1. The predicted molar refractivity (Wildman–Crippen MR) is 86.7 cm³/mol. The van der Waals surface area contributed by atoms with Gasteiger partial charge >= 0.3 is 6.18 Å². The summed E-state index contributed by atoms with van der Waals surface area (Å²) in [4.78, 5) is 2.07. The number of hydrogen-bond donors (Lipinski definition) is 2. The van der Waals surface area contributed by atoms with E-state index in [2.05, 4.69) is 25.5 Å². The van der Waals surface area contributed by atoms with Crippen molar-refractivity contribution in [3.05, 3.63) is 29.3 Å². The molecule has 1 unspecified atom stereocenters. The number of aromatic nitrogens is 4. The minimum Gasteiger partial charge on any atom is -0.392 e. The summed E-state index contributed by atoms with van der Waals surface area (Å²) < 4.78 is 40.9. The zero-order valence-electron chi connectivity index (χ0n) is 14.5. The van der Waals surface area contributed by atoms with Crippen molar-refractivity contribution >= 4 is 0 Å². The van der Waals surface area contributed by atoms with Gasteiger partial charge in [-0.15, -0.1) is 10.2 Å². The number of rotatable bonds is 3. The largest absolute Gasteiger partial charge is 0.416 e. The lowest BCUT2D eigenvalue weighted by molar-refractivity contribution is -0.147. The number of fused-ring (bicyclic) bond motifs is 1. The fourth-order valence-corrected chi connectivity index (χ4v) is 4.64. The third-order valence-corrected chi connectivity index (χ3v) is 5.87. The molecule has 2 aliphatic rings. The van der Waals surface area contributed by atoms with Crippen LogP contribution in [0.2, 0.25) is 0 Å². The topological polar surface area (TPSA) is 77.9 Å². The molecule has 2 aromatic rings. The van der Waals surface area contributed by atoms with Crippen molar-refractivity contribution in [1.29, 1.82) is 0 Å². The molecule has 1 aromatic heterocycles. The second-order valence-electron chi connectivity index (χ2n) is 7.74. The van der Waals surface area contributed by atoms with Gasteiger partial charge in [-0.2, -0.15) is 18.4 Å². The number of tetrazole rings is 1. The Labute approximate surface area is 148 Å². The molecule has 3 atom stereocenters. The maximum absolute atomic E-state index is 13.6. The second-order valence-corrected chi connectivity index (χ2v) is 7.74. The summed E-state index contributed by atoms with van der Waals surface area (Å²) in [6.07, 6.45) is -4.04. The highest BCUT2D eigenvalue weighted by Gasteiger charge is 2.60. The van der Waals surface area contributed by atoms with Crippen molar-refractivity contribution in [2.75, 3.05) is 6.54 Å². The SMILES string of the molecule is CC1(C)C(O)[C@@H]2CCN(Cc3ccc(-c4nn[nH]n4)cc3C(F)(F)F)[C@@H]21. The summed E-state index contributed by atoms with van der Waals surface area (Å²) in [5, 5.41) is 23.4. The van der Waals surface area contributed by atoms with Gasteiger partial charge in [-0.25, -0.2) is 0 Å². The third-order valence-electron chi connectivity index (χ3n) is 5.87. The number of alkyl halides is 3. The van der Waals surface area contributed by atoms with Gasteiger partial charge in [0.05, 0.1) is 11.7 Å². The molecular formula is C17H20F3N5O. The van der Waals surface area contributed by atoms with Gasteiger partial charge in [0.15, 0.2) is 0 Å². The number of aromatic amines is 1. The zero-order valence-corrected chi connectivity index (χ0v) is 14.5. The van der Waals surface area contributed by atoms with Crippen LogP contribution in [0, 0.1) is 11.3 Å². The van der Waals surface area contributed by atoms with Gasteiger partial charge in [0.1, 0.15) is 0 Å². The standard InChI is InChI=1S/C17H20F3N5O/c1-16(2)13-11(14(16)26)5-6-25(13)8-10-4-3-9(15-21-23-24-22-15)7-12(10)17(18,19)20/h3-4,7,11,13-14,26H,5-6,8H2,1-2H3,(H,21,22,23,24)/t11-,13+,14?/m1/s1. The molecule has 0 spiro atoms. The first-order chi connectivity index (χ1) is 12.2. The van der Waals surface area contributed by atoms with E-state index in [1.54, 1.807) is 6.07 Å². The molecule has 0 radical (unpaired) electrons. The first-order valence-electron chi connectivity index (χ1n) is 8.55. The van der Waals surface area contributed by atoms with E-state index in [9.17, 15) is 18.3 Å². The minimum atomic E-state index is -4.47. The quantitative estimate of drug-likeness (QED) is 0.872. The van der Waals surface area contributed by atoms with E-state index in [-0.39, 0.29) is 47.0 Å². The molecule has 2 heterocycles. The molecule has 4 rings (SSSR count). The number of aliphatic hydroxyl groups excluding tert-OH is 1. The summed E-state index contributed by atoms with van der Waals surface area (Å²) >= 11 is 0. The number of hydrogen-bond acceptors (Lipinski definition) is 5. The van der Waals surface area contributed by atoms with Crippen LogP contribution in [0.5, 0.6) is 0 Å². The Kier molecular flexibility index (Phi) is 3.85. The highest BCUT2D eigenvalue weighted by atomic mass is 19.4. The number of halogens is 3. The molecule has 2 fully saturated rings. The predicted octanol–water partition coefficient (Wildman–Crippen LogP) is 2.48. The summed E-state index contributed by atoms with van der Waals surface area (Å²) in [7, 11) is 0. The molecular weight excluding hydrogens is 347 g/mol. The Morgan fingerprint density at radius 2 is 2.12 bits per heavy atom. The lowest BCUT2D eigenvalue weighted by Gasteiger charge is -2.55. The molecule has 26 heavy (non-hydrogen) atoms. The number of nitrogens with zero attached hydrogens (tertiary/aromatic N) is 4. The molecule has 140 valence electrons. The number of likely N-dealkylation sites (tertiary alicyclic amines) is 1. The van der Waals surface area contributed by atoms with E-state index in [1.807, 2.05) is 13.8 Å². The molecule has 1 aliphatic carbocycles. The van der Waals surface area contributed by atoms with Crippen LogP contribution >= 0.6 is 0 Å². The fraction of sp³-hybridized carbons (Fsp3) is 0.588. The number of aliphatic hydroxyl groups is 1. The Balaban J connectivity index is 1.64. The molecule has 1 aromatic carbocycles. The minimum absolute atomic E-state index is 0.107. The van der Waals surface area contributed by atoms with Gasteiger partial charge in [0.25, 0.3) is 0 Å². The molecule has 1 aliphatic heterocycles. The van der Waals surface area contributed by atoms with Gasteiger partial charge in [0.2, 0.25) is 5.82 Å². The van der Waals surface area contributed by atoms with E-state index in [0.717, 1.165) is 12.5 Å². The Hall–Kier alpha value is -2.00. The van der Waals surface area contributed by atoms with Gasteiger partial charge in [-0.3, -0.25) is 4.90 Å². The van der Waals surface area contributed by atoms with Crippen LogP contribution in [0.1, 0.15) is 31.4 Å². The van der Waals surface area contributed by atoms with Crippen LogP contribution in [0.25, 0.3) is 11.4 Å². The normalized spacial score (nSPS) is 28.0. The average Bonchev–Trinajstić information content (AvgIpc) is 3.22. The number of nitrogens with one attached hydrogen (secondary N) is 1. The summed E-state index contributed by atoms with van der Waals surface area (Å²) in [5.74, 6) is 0.282. The van der Waals surface area contributed by atoms with Crippen LogP contribution < -0.4 is 0 Å². The van der Waals surface area contributed by atoms with Crippen molar-refractivity contribution in [2.45, 2.75) is 45.1 Å². The summed E-state index contributed by atoms with van der Waals surface area (Å²) in [5.41, 5.74) is -0.485. The van der Waals surface area contributed by atoms with Crippen LogP contribution in [0.3, 0.4) is 0 Å². The maximum atomic E-state index is 13.6. The van der Waals surface area contributed by atoms with Crippen LogP contribution in [0.4, 0.5) is 13.2 Å². The summed E-state index contributed by atoms with van der Waals surface area (Å²) in [6, 6.07) is 4.26. The van der Waals surface area contributed by atoms with Crippen molar-refractivity contribution in [3.8, 4) is 11.4 Å². The molecule has 0 amide bonds. The van der Waals surface area contributed by atoms with E-state index >= 15 is 0 Å². The Bertz CT molecular complexity index is 805. The molecule has 1 saturated carbocycles. The number of H-pyrrole nitrogens is 1. The van der Waals surface area contributed by atoms with Gasteiger partial charge < -0.3 is 5.11 Å². The molecule has 2 N–H and O–H groups in total. The lowest BCUT2D eigenvalue weighted by Crippen LogP contribution is -2.63. The maximum Gasteiger partial charge on any atom is 0.416 e. The highest BCUT2D eigenvalue weighted by Crippen LogP contribution is 2.53. The highest BCUT2D eigenvalue weighted by molar-refractivity contribution is 5.57. The Morgan fingerprint density at radius 1 is 1.35 bits per heavy atom. The molecule has 9 heteroatoms. The summed E-state index contributed by atoms with van der Waals surface area (Å²) in [6.45, 7) is 4.85. The van der Waals surface area contributed by atoms with E-state index in [1.165, 1.54) is 6.07 Å². The van der Waals surface area contributed by atoms with Crippen molar-refractivity contribution in [2.24, 2.45) is 11.3 Å². The van der Waals surface area contributed by atoms with Crippen LogP contribution in [-0.4, -0.2) is 49.3 Å². The second kappa shape index (κ2) is 5.75. The Morgan fingerprint density at radius 3 is 2.77 bits per heavy atom. The third kappa shape index (κ3) is 2.61. The van der Waals surface area contributed by atoms with E-state index < -0.39 is 11.7 Å². The fourth-order valence-electron chi connectivity index (χ4n) is 4.64. The first-order valence-corrected chi connectivity index (χ1v) is 8.55. The molecule has 0 bridgehead atoms. The molecule has 1 saturated heterocycles. The van der Waals surface area contributed by atoms with Crippen molar-refractivity contribution in [3.63, 3.8) is 0 Å². The zero-order chi connectivity index (χ0) is 18.7. The molecule has 6 nitrogen and oxygen atoms in total. The van der Waals surface area contributed by atoms with Gasteiger partial charge in [-0.05, 0) is 29.8 Å². The monoisotopic (exact) mass is 367 g/mol. The van der Waals surface area contributed by atoms with E-state index in [4.69, 9.17) is 0 Å². The van der Waals surface area contributed by atoms with Crippen molar-refractivity contribution in [1.82, 2.24) is 25.5 Å². The van der Waals surface area contributed by atoms with Crippen LogP contribution in [-0.2, 0) is 12.7 Å². The van der Waals surface area contributed by atoms with E-state index in [0.29, 0.717) is 6.54 Å². The van der Waals surface area contributed by atoms with Gasteiger partial charge in [0, 0.05) is 29.5 Å². The lowest BCUT2D eigenvalue weighted by atomic mass is 9.58. The van der Waals surface area contributed by atoms with Gasteiger partial charge in [-0.1, -0.05) is 26.0 Å².